The molecule has 1 aromatic rings. The van der Waals surface area contributed by atoms with Crippen molar-refractivity contribution in [2.45, 2.75) is 25.8 Å². The number of rotatable bonds is 0. The van der Waals surface area contributed by atoms with E-state index < -0.39 is 0 Å². The van der Waals surface area contributed by atoms with E-state index in [4.69, 9.17) is 0 Å². The number of hydrogen-bond donors (Lipinski definition) is 0. The summed E-state index contributed by atoms with van der Waals surface area (Å²) in [5.41, 5.74) is 2.32. The Balaban J connectivity index is 2.44. The van der Waals surface area contributed by atoms with Gasteiger partial charge in [-0.25, -0.2) is 4.39 Å². The van der Waals surface area contributed by atoms with Crippen LogP contribution in [0.1, 0.15) is 18.9 Å². The van der Waals surface area contributed by atoms with Crippen molar-refractivity contribution in [2.24, 2.45) is 0 Å². The zero-order chi connectivity index (χ0) is 9.42. The van der Waals surface area contributed by atoms with E-state index in [0.717, 1.165) is 18.4 Å². The van der Waals surface area contributed by atoms with Gasteiger partial charge in [0.05, 0.1) is 0 Å². The zero-order valence-corrected chi connectivity index (χ0v) is 8.05. The number of anilines is 1. The van der Waals surface area contributed by atoms with E-state index in [1.54, 1.807) is 6.07 Å². The van der Waals surface area contributed by atoms with Gasteiger partial charge in [0.15, 0.2) is 0 Å². The van der Waals surface area contributed by atoms with E-state index >= 15 is 0 Å². The molecule has 1 nitrogen and oxygen atoms in total. The molecule has 1 atom stereocenters. The van der Waals surface area contributed by atoms with E-state index in [0.29, 0.717) is 6.04 Å². The normalized spacial score (nSPS) is 21.5. The van der Waals surface area contributed by atoms with Crippen LogP contribution in [-0.2, 0) is 6.42 Å². The average molecular weight is 179 g/mol. The quantitative estimate of drug-likeness (QED) is 0.591. The Morgan fingerprint density at radius 3 is 3.00 bits per heavy atom. The fourth-order valence-corrected chi connectivity index (χ4v) is 1.89. The van der Waals surface area contributed by atoms with Gasteiger partial charge in [0, 0.05) is 18.8 Å². The second-order valence-corrected chi connectivity index (χ2v) is 3.77. The molecule has 1 heterocycles. The lowest BCUT2D eigenvalue weighted by Gasteiger charge is -2.33. The highest BCUT2D eigenvalue weighted by Crippen LogP contribution is 2.29. The van der Waals surface area contributed by atoms with E-state index in [1.165, 1.54) is 11.8 Å². The van der Waals surface area contributed by atoms with Crippen molar-refractivity contribution in [2.75, 3.05) is 11.9 Å². The number of hydrogen-bond acceptors (Lipinski definition) is 1. The minimum atomic E-state index is -0.123. The molecular formula is C11H14FN. The van der Waals surface area contributed by atoms with Gasteiger partial charge in [0.2, 0.25) is 0 Å². The van der Waals surface area contributed by atoms with Gasteiger partial charge in [-0.15, -0.1) is 0 Å². The molecule has 0 saturated carbocycles. The first-order valence-corrected chi connectivity index (χ1v) is 4.70. The van der Waals surface area contributed by atoms with Crippen LogP contribution in [0.15, 0.2) is 18.2 Å². The topological polar surface area (TPSA) is 3.24 Å². The minimum Gasteiger partial charge on any atom is -0.372 e. The molecule has 0 aliphatic carbocycles. The molecule has 0 radical (unpaired) electrons. The van der Waals surface area contributed by atoms with E-state index in [1.807, 2.05) is 6.07 Å². The molecule has 0 fully saturated rings. The third kappa shape index (κ3) is 1.41. The van der Waals surface area contributed by atoms with E-state index in [9.17, 15) is 4.39 Å². The van der Waals surface area contributed by atoms with Gasteiger partial charge in [0.1, 0.15) is 5.82 Å². The maximum atomic E-state index is 12.9. The summed E-state index contributed by atoms with van der Waals surface area (Å²) in [5, 5.41) is 0. The van der Waals surface area contributed by atoms with Crippen LogP contribution in [0.2, 0.25) is 0 Å². The number of halogens is 1. The molecule has 1 unspecified atom stereocenters. The summed E-state index contributed by atoms with van der Waals surface area (Å²) in [5.74, 6) is -0.123. The second kappa shape index (κ2) is 3.02. The molecule has 0 N–H and O–H groups in total. The minimum absolute atomic E-state index is 0.123. The van der Waals surface area contributed by atoms with Gasteiger partial charge in [0.25, 0.3) is 0 Å². The van der Waals surface area contributed by atoms with Gasteiger partial charge in [-0.2, -0.15) is 0 Å². The van der Waals surface area contributed by atoms with Gasteiger partial charge in [-0.1, -0.05) is 0 Å². The standard InChI is InChI=1S/C11H14FN/c1-8-3-4-9-7-10(12)5-6-11(9)13(8)2/h5-8H,3-4H2,1-2H3. The first-order chi connectivity index (χ1) is 6.18. The summed E-state index contributed by atoms with van der Waals surface area (Å²) in [4.78, 5) is 2.22. The largest absolute Gasteiger partial charge is 0.372 e. The van der Waals surface area contributed by atoms with Crippen molar-refractivity contribution in [3.8, 4) is 0 Å². The maximum absolute atomic E-state index is 12.9. The van der Waals surface area contributed by atoms with Gasteiger partial charge >= 0.3 is 0 Å². The van der Waals surface area contributed by atoms with Crippen LogP contribution in [0.4, 0.5) is 10.1 Å². The average Bonchev–Trinajstić information content (AvgIpc) is 2.12. The van der Waals surface area contributed by atoms with Crippen molar-refractivity contribution in [1.29, 1.82) is 0 Å². The van der Waals surface area contributed by atoms with Crippen molar-refractivity contribution >= 4 is 5.69 Å². The predicted molar refractivity (Wildman–Crippen MR) is 52.6 cm³/mol. The summed E-state index contributed by atoms with van der Waals surface area (Å²) in [6, 6.07) is 5.63. The van der Waals surface area contributed by atoms with Crippen molar-refractivity contribution < 1.29 is 4.39 Å². The van der Waals surface area contributed by atoms with Gasteiger partial charge < -0.3 is 4.90 Å². The predicted octanol–water partition coefficient (Wildman–Crippen LogP) is 2.60. The van der Waals surface area contributed by atoms with Crippen LogP contribution in [-0.4, -0.2) is 13.1 Å². The van der Waals surface area contributed by atoms with Crippen LogP contribution >= 0.6 is 0 Å². The molecule has 0 aromatic heterocycles. The highest BCUT2D eigenvalue weighted by atomic mass is 19.1. The molecule has 0 bridgehead atoms. The van der Waals surface area contributed by atoms with Crippen molar-refractivity contribution in [3.05, 3.63) is 29.6 Å². The fraction of sp³-hybridized carbons (Fsp3) is 0.455. The SMILES string of the molecule is CC1CCc2cc(F)ccc2N1C. The van der Waals surface area contributed by atoms with Crippen molar-refractivity contribution in [3.63, 3.8) is 0 Å². The summed E-state index contributed by atoms with van der Waals surface area (Å²) in [6.07, 6.45) is 2.12. The Bertz CT molecular complexity index is 322. The summed E-state index contributed by atoms with van der Waals surface area (Å²) in [6.45, 7) is 2.20. The molecule has 1 aliphatic heterocycles. The number of fused-ring (bicyclic) bond motifs is 1. The Morgan fingerprint density at radius 2 is 2.23 bits per heavy atom. The first kappa shape index (κ1) is 8.54. The Labute approximate surface area is 78.2 Å². The molecule has 1 aromatic carbocycles. The number of nitrogens with zero attached hydrogens (tertiary/aromatic N) is 1. The molecule has 2 rings (SSSR count). The Kier molecular flexibility index (Phi) is 1.98. The van der Waals surface area contributed by atoms with Crippen LogP contribution in [0, 0.1) is 5.82 Å². The summed E-state index contributed by atoms with van der Waals surface area (Å²) < 4.78 is 12.9. The van der Waals surface area contributed by atoms with Crippen LogP contribution in [0.3, 0.4) is 0 Å². The smallest absolute Gasteiger partial charge is 0.123 e. The summed E-state index contributed by atoms with van der Waals surface area (Å²) in [7, 11) is 2.07. The van der Waals surface area contributed by atoms with Crippen LogP contribution in [0.25, 0.3) is 0 Å². The molecule has 0 amide bonds. The lowest BCUT2D eigenvalue weighted by Crippen LogP contribution is -2.33. The molecule has 1 aliphatic rings. The second-order valence-electron chi connectivity index (χ2n) is 3.77. The lowest BCUT2D eigenvalue weighted by atomic mass is 9.97. The molecule has 0 saturated heterocycles. The maximum Gasteiger partial charge on any atom is 0.123 e. The van der Waals surface area contributed by atoms with Crippen molar-refractivity contribution in [1.82, 2.24) is 0 Å². The van der Waals surface area contributed by atoms with Crippen LogP contribution < -0.4 is 4.90 Å². The first-order valence-electron chi connectivity index (χ1n) is 4.70. The molecule has 0 spiro atoms. The number of aryl methyl sites for hydroxylation is 1. The zero-order valence-electron chi connectivity index (χ0n) is 8.05. The molecule has 13 heavy (non-hydrogen) atoms. The van der Waals surface area contributed by atoms with Gasteiger partial charge in [-0.05, 0) is 43.5 Å². The number of benzene rings is 1. The van der Waals surface area contributed by atoms with E-state index in [2.05, 4.69) is 18.9 Å². The third-order valence-corrected chi connectivity index (χ3v) is 2.91. The Morgan fingerprint density at radius 1 is 1.46 bits per heavy atom. The third-order valence-electron chi connectivity index (χ3n) is 2.91. The summed E-state index contributed by atoms with van der Waals surface area (Å²) >= 11 is 0. The lowest BCUT2D eigenvalue weighted by molar-refractivity contribution is 0.585. The monoisotopic (exact) mass is 179 g/mol. The molecule has 70 valence electrons. The van der Waals surface area contributed by atoms with E-state index in [-0.39, 0.29) is 5.82 Å². The highest BCUT2D eigenvalue weighted by molar-refractivity contribution is 5.55. The molecule has 2 heteroatoms. The van der Waals surface area contributed by atoms with Gasteiger partial charge in [-0.3, -0.25) is 0 Å². The van der Waals surface area contributed by atoms with Crippen LogP contribution in [0.5, 0.6) is 0 Å². The Hall–Kier alpha value is -1.05. The fourth-order valence-electron chi connectivity index (χ4n) is 1.89. The molecular weight excluding hydrogens is 165 g/mol. The highest BCUT2D eigenvalue weighted by Gasteiger charge is 2.19.